The van der Waals surface area contributed by atoms with Gasteiger partial charge in [-0.05, 0) is 45.9 Å². The van der Waals surface area contributed by atoms with Crippen LogP contribution in [0.25, 0.3) is 0 Å². The van der Waals surface area contributed by atoms with Gasteiger partial charge in [0.1, 0.15) is 12.2 Å². The van der Waals surface area contributed by atoms with E-state index in [1.165, 1.54) is 4.90 Å². The summed E-state index contributed by atoms with van der Waals surface area (Å²) in [6.07, 6.45) is -0.472. The molecule has 1 aromatic rings. The first-order chi connectivity index (χ1) is 11.2. The summed E-state index contributed by atoms with van der Waals surface area (Å²) in [5, 5.41) is 0. The summed E-state index contributed by atoms with van der Waals surface area (Å²) in [4.78, 5) is 25.2. The van der Waals surface area contributed by atoms with Crippen LogP contribution in [0.2, 0.25) is 0 Å². The molecule has 24 heavy (non-hydrogen) atoms. The van der Waals surface area contributed by atoms with E-state index in [4.69, 9.17) is 14.2 Å². The van der Waals surface area contributed by atoms with Crippen LogP contribution in [0.4, 0.5) is 10.5 Å². The highest BCUT2D eigenvalue weighted by Gasteiger charge is 2.23. The molecular formula is C17H24BrNO5. The number of hydrogen-bond donors (Lipinski definition) is 0. The number of amides is 1. The number of halogens is 1. The van der Waals surface area contributed by atoms with Gasteiger partial charge in [0.15, 0.2) is 0 Å². The van der Waals surface area contributed by atoms with Crippen LogP contribution < -0.4 is 4.90 Å². The van der Waals surface area contributed by atoms with Crippen molar-refractivity contribution in [1.29, 1.82) is 0 Å². The molecule has 0 radical (unpaired) electrons. The van der Waals surface area contributed by atoms with Gasteiger partial charge >= 0.3 is 12.1 Å². The van der Waals surface area contributed by atoms with E-state index >= 15 is 0 Å². The van der Waals surface area contributed by atoms with Gasteiger partial charge in [-0.2, -0.15) is 0 Å². The van der Waals surface area contributed by atoms with Crippen molar-refractivity contribution in [2.24, 2.45) is 0 Å². The molecule has 0 saturated heterocycles. The maximum absolute atomic E-state index is 12.4. The molecule has 0 bridgehead atoms. The molecule has 1 amide bonds. The van der Waals surface area contributed by atoms with Crippen molar-refractivity contribution in [3.05, 3.63) is 28.7 Å². The van der Waals surface area contributed by atoms with Crippen LogP contribution in [0.1, 0.15) is 27.7 Å². The Labute approximate surface area is 151 Å². The van der Waals surface area contributed by atoms with Crippen molar-refractivity contribution >= 4 is 33.7 Å². The predicted octanol–water partition coefficient (Wildman–Crippen LogP) is 3.77. The molecule has 0 fully saturated rings. The number of anilines is 1. The standard InChI is InChI=1S/C17H24BrNO5/c1-5-23-15(20)12-22-10-9-19(16(21)24-17(2,3)4)14-8-6-7-13(18)11-14/h6-8,11H,5,9-10,12H2,1-4H3. The van der Waals surface area contributed by atoms with Crippen molar-refractivity contribution in [1.82, 2.24) is 0 Å². The van der Waals surface area contributed by atoms with E-state index in [-0.39, 0.29) is 19.8 Å². The fourth-order valence-electron chi connectivity index (χ4n) is 1.80. The average molecular weight is 402 g/mol. The molecule has 0 aromatic heterocycles. The number of nitrogens with zero attached hydrogens (tertiary/aromatic N) is 1. The molecule has 0 N–H and O–H groups in total. The van der Waals surface area contributed by atoms with E-state index < -0.39 is 17.7 Å². The number of benzene rings is 1. The molecule has 0 unspecified atom stereocenters. The van der Waals surface area contributed by atoms with Crippen molar-refractivity contribution in [2.45, 2.75) is 33.3 Å². The Balaban J connectivity index is 2.71. The Morgan fingerprint density at radius 1 is 1.25 bits per heavy atom. The second-order valence-corrected chi connectivity index (χ2v) is 6.89. The zero-order valence-electron chi connectivity index (χ0n) is 14.5. The molecule has 7 heteroatoms. The molecule has 0 aliphatic carbocycles. The second kappa shape index (κ2) is 9.64. The molecule has 0 atom stereocenters. The number of ether oxygens (including phenoxy) is 3. The molecule has 0 aliphatic rings. The molecule has 0 saturated carbocycles. The third-order valence-corrected chi connectivity index (χ3v) is 3.21. The minimum atomic E-state index is -0.604. The summed E-state index contributed by atoms with van der Waals surface area (Å²) in [6.45, 7) is 7.76. The molecule has 0 aliphatic heterocycles. The smallest absolute Gasteiger partial charge is 0.414 e. The fourth-order valence-corrected chi connectivity index (χ4v) is 2.19. The average Bonchev–Trinajstić information content (AvgIpc) is 2.45. The maximum atomic E-state index is 12.4. The lowest BCUT2D eigenvalue weighted by Crippen LogP contribution is -2.39. The SMILES string of the molecule is CCOC(=O)COCCN(C(=O)OC(C)(C)C)c1cccc(Br)c1. The fraction of sp³-hybridized carbons (Fsp3) is 0.529. The van der Waals surface area contributed by atoms with Gasteiger partial charge < -0.3 is 14.2 Å². The first-order valence-corrected chi connectivity index (χ1v) is 8.51. The summed E-state index contributed by atoms with van der Waals surface area (Å²) in [5.74, 6) is -0.427. The van der Waals surface area contributed by atoms with Crippen LogP contribution in [0.5, 0.6) is 0 Å². The lowest BCUT2D eigenvalue weighted by atomic mass is 10.2. The summed E-state index contributed by atoms with van der Waals surface area (Å²) >= 11 is 3.39. The van der Waals surface area contributed by atoms with Crippen molar-refractivity contribution in [3.63, 3.8) is 0 Å². The third kappa shape index (κ3) is 7.79. The Hall–Kier alpha value is -1.60. The Morgan fingerprint density at radius 3 is 2.54 bits per heavy atom. The Kier molecular flexibility index (Phi) is 8.21. The normalized spacial score (nSPS) is 11.0. The van der Waals surface area contributed by atoms with Crippen LogP contribution >= 0.6 is 15.9 Å². The molecular weight excluding hydrogens is 378 g/mol. The largest absolute Gasteiger partial charge is 0.464 e. The maximum Gasteiger partial charge on any atom is 0.414 e. The minimum Gasteiger partial charge on any atom is -0.464 e. The van der Waals surface area contributed by atoms with Gasteiger partial charge in [-0.3, -0.25) is 4.90 Å². The van der Waals surface area contributed by atoms with E-state index in [1.807, 2.05) is 18.2 Å². The van der Waals surface area contributed by atoms with Crippen molar-refractivity contribution in [2.75, 3.05) is 31.3 Å². The van der Waals surface area contributed by atoms with Gasteiger partial charge in [0.25, 0.3) is 0 Å². The third-order valence-electron chi connectivity index (χ3n) is 2.72. The summed E-state index contributed by atoms with van der Waals surface area (Å²) in [6, 6.07) is 7.32. The van der Waals surface area contributed by atoms with E-state index in [0.717, 1.165) is 4.47 Å². The lowest BCUT2D eigenvalue weighted by Gasteiger charge is -2.27. The van der Waals surface area contributed by atoms with Crippen LogP contribution in [0.3, 0.4) is 0 Å². The first kappa shape index (κ1) is 20.4. The molecule has 1 rings (SSSR count). The monoisotopic (exact) mass is 401 g/mol. The van der Waals surface area contributed by atoms with Gasteiger partial charge in [0, 0.05) is 10.2 Å². The summed E-state index contributed by atoms with van der Waals surface area (Å²) in [5.41, 5.74) is 0.0750. The number of carbonyl (C=O) groups excluding carboxylic acids is 2. The highest BCUT2D eigenvalue weighted by atomic mass is 79.9. The zero-order chi connectivity index (χ0) is 18.2. The molecule has 1 aromatic carbocycles. The number of rotatable bonds is 7. The van der Waals surface area contributed by atoms with Crippen LogP contribution in [-0.2, 0) is 19.0 Å². The van der Waals surface area contributed by atoms with E-state index in [9.17, 15) is 9.59 Å². The topological polar surface area (TPSA) is 65.1 Å². The lowest BCUT2D eigenvalue weighted by molar-refractivity contribution is -0.148. The number of hydrogen-bond acceptors (Lipinski definition) is 5. The highest BCUT2D eigenvalue weighted by Crippen LogP contribution is 2.22. The highest BCUT2D eigenvalue weighted by molar-refractivity contribution is 9.10. The van der Waals surface area contributed by atoms with Crippen molar-refractivity contribution < 1.29 is 23.8 Å². The summed E-state index contributed by atoms with van der Waals surface area (Å²) < 4.78 is 16.3. The van der Waals surface area contributed by atoms with E-state index in [1.54, 1.807) is 33.8 Å². The Morgan fingerprint density at radius 2 is 1.96 bits per heavy atom. The van der Waals surface area contributed by atoms with Crippen LogP contribution in [-0.4, -0.2) is 44.0 Å². The van der Waals surface area contributed by atoms with Gasteiger partial charge in [-0.25, -0.2) is 9.59 Å². The van der Waals surface area contributed by atoms with Crippen LogP contribution in [0, 0.1) is 0 Å². The number of carbonyl (C=O) groups is 2. The Bertz CT molecular complexity index is 556. The molecule has 0 spiro atoms. The molecule has 0 heterocycles. The molecule has 134 valence electrons. The van der Waals surface area contributed by atoms with E-state index in [0.29, 0.717) is 12.3 Å². The summed E-state index contributed by atoms with van der Waals surface area (Å²) in [7, 11) is 0. The van der Waals surface area contributed by atoms with E-state index in [2.05, 4.69) is 15.9 Å². The zero-order valence-corrected chi connectivity index (χ0v) is 16.1. The van der Waals surface area contributed by atoms with Crippen LogP contribution in [0.15, 0.2) is 28.7 Å². The second-order valence-electron chi connectivity index (χ2n) is 5.97. The van der Waals surface area contributed by atoms with Gasteiger partial charge in [-0.15, -0.1) is 0 Å². The van der Waals surface area contributed by atoms with Gasteiger partial charge in [0.05, 0.1) is 19.8 Å². The first-order valence-electron chi connectivity index (χ1n) is 7.72. The number of esters is 1. The predicted molar refractivity (Wildman–Crippen MR) is 95.2 cm³/mol. The quantitative estimate of drug-likeness (QED) is 0.513. The minimum absolute atomic E-state index is 0.144. The van der Waals surface area contributed by atoms with Gasteiger partial charge in [0.2, 0.25) is 0 Å². The van der Waals surface area contributed by atoms with Gasteiger partial charge in [-0.1, -0.05) is 22.0 Å². The van der Waals surface area contributed by atoms with Crippen molar-refractivity contribution in [3.8, 4) is 0 Å². The molecule has 6 nitrogen and oxygen atoms in total.